The Kier molecular flexibility index (Phi) is 3.39. The monoisotopic (exact) mass is 281 g/mol. The molecule has 106 valence electrons. The predicted molar refractivity (Wildman–Crippen MR) is 79.6 cm³/mol. The Labute approximate surface area is 122 Å². The molecule has 5 heteroatoms. The van der Waals surface area contributed by atoms with Crippen LogP contribution in [-0.4, -0.2) is 27.7 Å². The molecule has 2 heterocycles. The molecular formula is C16H15N3O2. The smallest absolute Gasteiger partial charge is 0.233 e. The first kappa shape index (κ1) is 13.3. The molecule has 0 aliphatic rings. The molecule has 0 spiro atoms. The molecule has 1 aromatic carbocycles. The molecule has 0 aliphatic heterocycles. The first-order valence-electron chi connectivity index (χ1n) is 6.74. The summed E-state index contributed by atoms with van der Waals surface area (Å²) in [4.78, 5) is 17.1. The molecule has 3 aromatic rings. The van der Waals surface area contributed by atoms with Crippen LogP contribution in [0.25, 0.3) is 10.8 Å². The van der Waals surface area contributed by atoms with Crippen LogP contribution >= 0.6 is 0 Å². The summed E-state index contributed by atoms with van der Waals surface area (Å²) in [6.07, 6.45) is 3.20. The molecule has 3 rings (SSSR count). The topological polar surface area (TPSA) is 57.0 Å². The van der Waals surface area contributed by atoms with E-state index in [4.69, 9.17) is 4.74 Å². The third-order valence-electron chi connectivity index (χ3n) is 3.43. The van der Waals surface area contributed by atoms with Crippen LogP contribution in [-0.2, 0) is 6.54 Å². The minimum absolute atomic E-state index is 0.178. The maximum absolute atomic E-state index is 12.9. The lowest BCUT2D eigenvalue weighted by atomic mass is 10.1. The van der Waals surface area contributed by atoms with Crippen LogP contribution in [0.5, 0.6) is 5.75 Å². The van der Waals surface area contributed by atoms with Gasteiger partial charge in [0.2, 0.25) is 5.78 Å². The Morgan fingerprint density at radius 2 is 2.10 bits per heavy atom. The summed E-state index contributed by atoms with van der Waals surface area (Å²) in [5.41, 5.74) is 0.852. The lowest BCUT2D eigenvalue weighted by Gasteiger charge is -2.08. The summed E-state index contributed by atoms with van der Waals surface area (Å²) in [6, 6.07) is 9.58. The number of rotatable bonds is 4. The number of nitrogens with zero attached hydrogens (tertiary/aromatic N) is 3. The van der Waals surface area contributed by atoms with Crippen LogP contribution in [0.3, 0.4) is 0 Å². The molecule has 0 N–H and O–H groups in total. The van der Waals surface area contributed by atoms with Crippen LogP contribution in [0.1, 0.15) is 23.1 Å². The minimum Gasteiger partial charge on any atom is -0.493 e. The van der Waals surface area contributed by atoms with E-state index in [9.17, 15) is 4.79 Å². The van der Waals surface area contributed by atoms with Crippen molar-refractivity contribution in [3.63, 3.8) is 0 Å². The van der Waals surface area contributed by atoms with Gasteiger partial charge < -0.3 is 4.74 Å². The number of carbonyl (C=O) groups is 1. The van der Waals surface area contributed by atoms with Gasteiger partial charge in [-0.15, -0.1) is 0 Å². The number of methoxy groups -OCH3 is 1. The maximum atomic E-state index is 12.9. The summed E-state index contributed by atoms with van der Waals surface area (Å²) < 4.78 is 6.88. The Morgan fingerprint density at radius 1 is 1.29 bits per heavy atom. The van der Waals surface area contributed by atoms with Crippen molar-refractivity contribution in [2.75, 3.05) is 7.11 Å². The van der Waals surface area contributed by atoms with Gasteiger partial charge in [-0.25, -0.2) is 0 Å². The molecule has 0 aliphatic carbocycles. The van der Waals surface area contributed by atoms with Gasteiger partial charge in [-0.1, -0.05) is 24.3 Å². The second kappa shape index (κ2) is 5.36. The van der Waals surface area contributed by atoms with Gasteiger partial charge in [0.25, 0.3) is 0 Å². The summed E-state index contributed by atoms with van der Waals surface area (Å²) >= 11 is 0. The number of ether oxygens (including phenoxy) is 1. The normalized spacial score (nSPS) is 10.8. The van der Waals surface area contributed by atoms with Crippen LogP contribution in [0.15, 0.2) is 42.7 Å². The molecule has 0 saturated carbocycles. The highest BCUT2D eigenvalue weighted by atomic mass is 16.5. The number of pyridine rings is 1. The molecule has 0 fully saturated rings. The SMILES string of the molecule is CCn1ncc(OC)c1C(=O)c1nccc2ccccc12. The van der Waals surface area contributed by atoms with Crippen LogP contribution in [0.2, 0.25) is 0 Å². The first-order valence-corrected chi connectivity index (χ1v) is 6.74. The largest absolute Gasteiger partial charge is 0.493 e. The average molecular weight is 281 g/mol. The number of carbonyl (C=O) groups excluding carboxylic acids is 1. The van der Waals surface area contributed by atoms with Crippen molar-refractivity contribution in [2.45, 2.75) is 13.5 Å². The van der Waals surface area contributed by atoms with Crippen molar-refractivity contribution < 1.29 is 9.53 Å². The number of ketones is 1. The Bertz CT molecular complexity index is 781. The van der Waals surface area contributed by atoms with E-state index >= 15 is 0 Å². The molecule has 21 heavy (non-hydrogen) atoms. The molecule has 5 nitrogen and oxygen atoms in total. The second-order valence-electron chi connectivity index (χ2n) is 4.59. The molecule has 0 radical (unpaired) electrons. The zero-order chi connectivity index (χ0) is 14.8. The first-order chi connectivity index (χ1) is 10.3. The quantitative estimate of drug-likeness (QED) is 0.690. The van der Waals surface area contributed by atoms with E-state index in [0.717, 1.165) is 10.8 Å². The standard InChI is InChI=1S/C16H15N3O2/c1-3-19-15(13(21-2)10-18-19)16(20)14-12-7-5-4-6-11(12)8-9-17-14/h4-10H,3H2,1-2H3. The van der Waals surface area contributed by atoms with E-state index in [1.165, 1.54) is 7.11 Å². The van der Waals surface area contributed by atoms with Crippen LogP contribution in [0.4, 0.5) is 0 Å². The van der Waals surface area contributed by atoms with Gasteiger partial charge in [0.05, 0.1) is 13.3 Å². The highest BCUT2D eigenvalue weighted by Crippen LogP contribution is 2.24. The van der Waals surface area contributed by atoms with Gasteiger partial charge in [-0.2, -0.15) is 5.10 Å². The Balaban J connectivity index is 2.20. The van der Waals surface area contributed by atoms with Crippen molar-refractivity contribution >= 4 is 16.6 Å². The molecular weight excluding hydrogens is 266 g/mol. The van der Waals surface area contributed by atoms with Crippen molar-refractivity contribution in [3.05, 3.63) is 54.1 Å². The van der Waals surface area contributed by atoms with Crippen molar-refractivity contribution in [1.29, 1.82) is 0 Å². The van der Waals surface area contributed by atoms with Crippen molar-refractivity contribution in [3.8, 4) is 5.75 Å². The third-order valence-corrected chi connectivity index (χ3v) is 3.43. The van der Waals surface area contributed by atoms with Gasteiger partial charge in [-0.3, -0.25) is 14.5 Å². The van der Waals surface area contributed by atoms with E-state index < -0.39 is 0 Å². The highest BCUT2D eigenvalue weighted by molar-refractivity contribution is 6.15. The molecule has 0 bridgehead atoms. The van der Waals surface area contributed by atoms with E-state index in [1.807, 2.05) is 37.3 Å². The summed E-state index contributed by atoms with van der Waals surface area (Å²) in [6.45, 7) is 2.52. The zero-order valence-corrected chi connectivity index (χ0v) is 11.9. The number of hydrogen-bond donors (Lipinski definition) is 0. The van der Waals surface area contributed by atoms with Gasteiger partial charge in [-0.05, 0) is 18.4 Å². The summed E-state index contributed by atoms with van der Waals surface area (Å²) in [7, 11) is 1.53. The lowest BCUT2D eigenvalue weighted by Crippen LogP contribution is -2.13. The number of fused-ring (bicyclic) bond motifs is 1. The van der Waals surface area contributed by atoms with Gasteiger partial charge in [0.15, 0.2) is 11.4 Å². The molecule has 0 amide bonds. The number of benzene rings is 1. The Hall–Kier alpha value is -2.69. The van der Waals surface area contributed by atoms with E-state index in [2.05, 4.69) is 10.1 Å². The predicted octanol–water partition coefficient (Wildman–Crippen LogP) is 2.69. The van der Waals surface area contributed by atoms with Gasteiger partial charge >= 0.3 is 0 Å². The fraction of sp³-hybridized carbons (Fsp3) is 0.188. The van der Waals surface area contributed by atoms with Crippen LogP contribution < -0.4 is 4.74 Å². The Morgan fingerprint density at radius 3 is 2.86 bits per heavy atom. The van der Waals surface area contributed by atoms with Crippen LogP contribution in [0, 0.1) is 0 Å². The van der Waals surface area contributed by atoms with E-state index in [1.54, 1.807) is 17.1 Å². The fourth-order valence-corrected chi connectivity index (χ4v) is 2.40. The molecule has 0 saturated heterocycles. The van der Waals surface area contributed by atoms with Crippen molar-refractivity contribution in [1.82, 2.24) is 14.8 Å². The average Bonchev–Trinajstić information content (AvgIpc) is 2.96. The fourth-order valence-electron chi connectivity index (χ4n) is 2.40. The van der Waals surface area contributed by atoms with Gasteiger partial charge in [0, 0.05) is 18.1 Å². The summed E-state index contributed by atoms with van der Waals surface area (Å²) in [5.74, 6) is 0.291. The number of aromatic nitrogens is 3. The molecule has 0 atom stereocenters. The van der Waals surface area contributed by atoms with E-state index in [-0.39, 0.29) is 5.78 Å². The minimum atomic E-state index is -0.178. The summed E-state index contributed by atoms with van der Waals surface area (Å²) in [5, 5.41) is 5.99. The molecule has 2 aromatic heterocycles. The number of aryl methyl sites for hydroxylation is 1. The maximum Gasteiger partial charge on any atom is 0.233 e. The highest BCUT2D eigenvalue weighted by Gasteiger charge is 2.23. The lowest BCUT2D eigenvalue weighted by molar-refractivity contribution is 0.102. The van der Waals surface area contributed by atoms with Gasteiger partial charge in [0.1, 0.15) is 5.69 Å². The number of hydrogen-bond acceptors (Lipinski definition) is 4. The van der Waals surface area contributed by atoms with Crippen molar-refractivity contribution in [2.24, 2.45) is 0 Å². The zero-order valence-electron chi connectivity index (χ0n) is 11.9. The van der Waals surface area contributed by atoms with E-state index in [0.29, 0.717) is 23.7 Å². The molecule has 0 unspecified atom stereocenters. The second-order valence-corrected chi connectivity index (χ2v) is 4.59. The third kappa shape index (κ3) is 2.16.